The molecule has 0 bridgehead atoms. The molecule has 0 radical (unpaired) electrons. The molecular weight excluding hydrogens is 250 g/mol. The molecule has 0 saturated heterocycles. The molecule has 0 atom stereocenters. The minimum atomic E-state index is 0.203. The fourth-order valence-corrected chi connectivity index (χ4v) is 2.19. The highest BCUT2D eigenvalue weighted by atomic mass is 16.5. The van der Waals surface area contributed by atoms with Gasteiger partial charge in [-0.05, 0) is 52.0 Å². The van der Waals surface area contributed by atoms with Crippen LogP contribution in [0.4, 0.5) is 5.69 Å². The molecule has 0 fully saturated rings. The van der Waals surface area contributed by atoms with Crippen molar-refractivity contribution in [2.75, 3.05) is 5.32 Å². The minimum Gasteiger partial charge on any atom is -0.491 e. The molecule has 108 valence electrons. The van der Waals surface area contributed by atoms with Gasteiger partial charge >= 0.3 is 0 Å². The Morgan fingerprint density at radius 1 is 1.20 bits per heavy atom. The van der Waals surface area contributed by atoms with Crippen molar-refractivity contribution in [3.05, 3.63) is 41.2 Å². The summed E-state index contributed by atoms with van der Waals surface area (Å²) in [4.78, 5) is 0. The third-order valence-corrected chi connectivity index (χ3v) is 3.35. The average molecular weight is 273 g/mol. The molecular formula is C16H23N3O. The maximum absolute atomic E-state index is 5.63. The molecule has 0 amide bonds. The molecule has 2 aromatic rings. The van der Waals surface area contributed by atoms with E-state index in [2.05, 4.69) is 17.3 Å². The van der Waals surface area contributed by atoms with E-state index in [0.29, 0.717) is 0 Å². The Hall–Kier alpha value is -1.97. The third-order valence-electron chi connectivity index (χ3n) is 3.35. The first-order chi connectivity index (χ1) is 9.47. The Balaban J connectivity index is 2.00. The SMILES string of the molecule is Cc1nn(C)c(C)c1CNc1ccc(OC(C)C)cc1. The molecule has 1 heterocycles. The number of ether oxygens (including phenoxy) is 1. The van der Waals surface area contributed by atoms with Gasteiger partial charge < -0.3 is 10.1 Å². The highest BCUT2D eigenvalue weighted by molar-refractivity contribution is 5.47. The topological polar surface area (TPSA) is 39.1 Å². The number of hydrogen-bond donors (Lipinski definition) is 1. The molecule has 0 spiro atoms. The normalized spacial score (nSPS) is 10.9. The second kappa shape index (κ2) is 5.99. The lowest BCUT2D eigenvalue weighted by atomic mass is 10.2. The lowest BCUT2D eigenvalue weighted by Crippen LogP contribution is -2.06. The van der Waals surface area contributed by atoms with Crippen LogP contribution in [0.2, 0.25) is 0 Å². The maximum atomic E-state index is 5.63. The first-order valence-electron chi connectivity index (χ1n) is 6.97. The van der Waals surface area contributed by atoms with Crippen molar-refractivity contribution < 1.29 is 4.74 Å². The Bertz CT molecular complexity index is 570. The highest BCUT2D eigenvalue weighted by Crippen LogP contribution is 2.19. The van der Waals surface area contributed by atoms with Crippen molar-refractivity contribution in [3.63, 3.8) is 0 Å². The third kappa shape index (κ3) is 3.32. The van der Waals surface area contributed by atoms with E-state index in [4.69, 9.17) is 4.74 Å². The summed E-state index contributed by atoms with van der Waals surface area (Å²) < 4.78 is 7.55. The van der Waals surface area contributed by atoms with Gasteiger partial charge in [-0.15, -0.1) is 0 Å². The first kappa shape index (κ1) is 14.4. The van der Waals surface area contributed by atoms with Gasteiger partial charge in [-0.2, -0.15) is 5.10 Å². The van der Waals surface area contributed by atoms with E-state index in [1.807, 2.05) is 56.8 Å². The minimum absolute atomic E-state index is 0.203. The summed E-state index contributed by atoms with van der Waals surface area (Å²) in [7, 11) is 1.98. The number of anilines is 1. The van der Waals surface area contributed by atoms with Crippen LogP contribution in [0.15, 0.2) is 24.3 Å². The number of rotatable bonds is 5. The number of nitrogens with one attached hydrogen (secondary N) is 1. The zero-order valence-corrected chi connectivity index (χ0v) is 12.9. The maximum Gasteiger partial charge on any atom is 0.119 e. The second-order valence-corrected chi connectivity index (χ2v) is 5.32. The summed E-state index contributed by atoms with van der Waals surface area (Å²) in [6, 6.07) is 8.06. The molecule has 20 heavy (non-hydrogen) atoms. The van der Waals surface area contributed by atoms with Gasteiger partial charge in [0.1, 0.15) is 5.75 Å². The van der Waals surface area contributed by atoms with E-state index in [-0.39, 0.29) is 6.10 Å². The molecule has 0 aliphatic rings. The van der Waals surface area contributed by atoms with Crippen molar-refractivity contribution in [2.45, 2.75) is 40.3 Å². The Morgan fingerprint density at radius 2 is 1.85 bits per heavy atom. The molecule has 1 N–H and O–H groups in total. The van der Waals surface area contributed by atoms with Gasteiger partial charge in [0, 0.05) is 30.5 Å². The van der Waals surface area contributed by atoms with Gasteiger partial charge in [-0.1, -0.05) is 0 Å². The number of hydrogen-bond acceptors (Lipinski definition) is 3. The second-order valence-electron chi connectivity index (χ2n) is 5.32. The van der Waals surface area contributed by atoms with Crippen LogP contribution in [0.3, 0.4) is 0 Å². The van der Waals surface area contributed by atoms with Crippen LogP contribution in [0, 0.1) is 13.8 Å². The summed E-state index contributed by atoms with van der Waals surface area (Å²) >= 11 is 0. The van der Waals surface area contributed by atoms with Crippen LogP contribution in [0.25, 0.3) is 0 Å². The van der Waals surface area contributed by atoms with Crippen molar-refractivity contribution in [3.8, 4) is 5.75 Å². The van der Waals surface area contributed by atoms with Gasteiger partial charge in [0.05, 0.1) is 11.8 Å². The van der Waals surface area contributed by atoms with Crippen molar-refractivity contribution in [1.82, 2.24) is 9.78 Å². The van der Waals surface area contributed by atoms with Gasteiger partial charge in [0.15, 0.2) is 0 Å². The van der Waals surface area contributed by atoms with Crippen LogP contribution < -0.4 is 10.1 Å². The zero-order chi connectivity index (χ0) is 14.7. The van der Waals surface area contributed by atoms with Crippen molar-refractivity contribution in [2.24, 2.45) is 7.05 Å². The van der Waals surface area contributed by atoms with E-state index in [0.717, 1.165) is 23.7 Å². The van der Waals surface area contributed by atoms with Crippen molar-refractivity contribution >= 4 is 5.69 Å². The van der Waals surface area contributed by atoms with Crippen LogP contribution >= 0.6 is 0 Å². The number of aryl methyl sites for hydroxylation is 2. The Morgan fingerprint density at radius 3 is 2.35 bits per heavy atom. The van der Waals surface area contributed by atoms with E-state index in [1.54, 1.807) is 0 Å². The summed E-state index contributed by atoms with van der Waals surface area (Å²) in [5.74, 6) is 0.902. The quantitative estimate of drug-likeness (QED) is 0.907. The molecule has 4 nitrogen and oxygen atoms in total. The summed E-state index contributed by atoms with van der Waals surface area (Å²) in [5, 5.41) is 7.85. The van der Waals surface area contributed by atoms with E-state index in [1.165, 1.54) is 11.3 Å². The summed E-state index contributed by atoms with van der Waals surface area (Å²) in [6.07, 6.45) is 0.203. The first-order valence-corrected chi connectivity index (χ1v) is 6.97. The number of aromatic nitrogens is 2. The fraction of sp³-hybridized carbons (Fsp3) is 0.438. The van der Waals surface area contributed by atoms with Gasteiger partial charge in [0.2, 0.25) is 0 Å². The number of benzene rings is 1. The smallest absolute Gasteiger partial charge is 0.119 e. The molecule has 0 saturated carbocycles. The van der Waals surface area contributed by atoms with Crippen LogP contribution in [0.5, 0.6) is 5.75 Å². The van der Waals surface area contributed by atoms with Gasteiger partial charge in [0.25, 0.3) is 0 Å². The molecule has 1 aromatic heterocycles. The molecule has 1 aromatic carbocycles. The molecule has 0 aliphatic heterocycles. The van der Waals surface area contributed by atoms with Crippen LogP contribution in [-0.2, 0) is 13.6 Å². The monoisotopic (exact) mass is 273 g/mol. The summed E-state index contributed by atoms with van der Waals surface area (Å²) in [6.45, 7) is 8.98. The van der Waals surface area contributed by atoms with E-state index in [9.17, 15) is 0 Å². The highest BCUT2D eigenvalue weighted by Gasteiger charge is 2.08. The van der Waals surface area contributed by atoms with Crippen LogP contribution in [0.1, 0.15) is 30.8 Å². The Kier molecular flexibility index (Phi) is 4.32. The predicted octanol–water partition coefficient (Wildman–Crippen LogP) is 3.44. The van der Waals surface area contributed by atoms with E-state index >= 15 is 0 Å². The van der Waals surface area contributed by atoms with E-state index < -0.39 is 0 Å². The Labute approximate surface area is 120 Å². The summed E-state index contributed by atoms with van der Waals surface area (Å²) in [5.41, 5.74) is 4.63. The average Bonchev–Trinajstić information content (AvgIpc) is 2.62. The molecule has 4 heteroatoms. The lowest BCUT2D eigenvalue weighted by Gasteiger charge is -2.11. The molecule has 0 unspecified atom stereocenters. The van der Waals surface area contributed by atoms with Crippen LogP contribution in [-0.4, -0.2) is 15.9 Å². The molecule has 2 rings (SSSR count). The fourth-order valence-electron chi connectivity index (χ4n) is 2.19. The lowest BCUT2D eigenvalue weighted by molar-refractivity contribution is 0.242. The number of nitrogens with zero attached hydrogens (tertiary/aromatic N) is 2. The zero-order valence-electron chi connectivity index (χ0n) is 12.9. The van der Waals surface area contributed by atoms with Gasteiger partial charge in [-0.3, -0.25) is 4.68 Å². The standard InChI is InChI=1S/C16H23N3O/c1-11(2)20-15-8-6-14(7-9-15)17-10-16-12(3)18-19(5)13(16)4/h6-9,11,17H,10H2,1-5H3. The predicted molar refractivity (Wildman–Crippen MR) is 82.2 cm³/mol. The molecule has 0 aliphatic carbocycles. The van der Waals surface area contributed by atoms with Gasteiger partial charge in [-0.25, -0.2) is 0 Å². The van der Waals surface area contributed by atoms with Crippen molar-refractivity contribution in [1.29, 1.82) is 0 Å². The largest absolute Gasteiger partial charge is 0.491 e.